The van der Waals surface area contributed by atoms with Crippen LogP contribution in [0.5, 0.6) is 5.75 Å². The van der Waals surface area contributed by atoms with E-state index in [0.717, 1.165) is 5.69 Å². The highest BCUT2D eigenvalue weighted by molar-refractivity contribution is 6.36. The Morgan fingerprint density at radius 1 is 1.26 bits per heavy atom. The number of nitrogens with zero attached hydrogens (tertiary/aromatic N) is 1. The van der Waals surface area contributed by atoms with E-state index in [1.54, 1.807) is 30.3 Å². The molecule has 2 aromatic rings. The van der Waals surface area contributed by atoms with Crippen molar-refractivity contribution in [2.75, 3.05) is 35.6 Å². The minimum atomic E-state index is -0.168. The Labute approximate surface area is 143 Å². The second kappa shape index (κ2) is 6.56. The zero-order valence-electron chi connectivity index (χ0n) is 12.2. The highest BCUT2D eigenvalue weighted by Gasteiger charge is 2.20. The number of hydrogen-bond acceptors (Lipinski definition) is 4. The number of nitrogen functional groups attached to an aromatic ring is 1. The number of nitrogens with one attached hydrogen (secondary N) is 1. The molecule has 0 saturated heterocycles. The minimum absolute atomic E-state index is 0.168. The van der Waals surface area contributed by atoms with Crippen LogP contribution in [-0.4, -0.2) is 25.6 Å². The van der Waals surface area contributed by atoms with Gasteiger partial charge in [0.2, 0.25) is 5.91 Å². The molecule has 0 spiro atoms. The summed E-state index contributed by atoms with van der Waals surface area (Å²) in [6, 6.07) is 10.3. The largest absolute Gasteiger partial charge is 0.489 e. The van der Waals surface area contributed by atoms with Crippen molar-refractivity contribution in [3.8, 4) is 5.75 Å². The lowest BCUT2D eigenvalue weighted by molar-refractivity contribution is -0.115. The topological polar surface area (TPSA) is 67.6 Å². The third-order valence-corrected chi connectivity index (χ3v) is 4.03. The molecule has 3 rings (SSSR count). The highest BCUT2D eigenvalue weighted by atomic mass is 35.5. The van der Waals surface area contributed by atoms with Crippen LogP contribution in [0, 0.1) is 0 Å². The Morgan fingerprint density at radius 2 is 2.09 bits per heavy atom. The fraction of sp³-hybridized carbons (Fsp3) is 0.188. The predicted octanol–water partition coefficient (Wildman–Crippen LogP) is 3.41. The van der Waals surface area contributed by atoms with Gasteiger partial charge in [-0.15, -0.1) is 0 Å². The third-order valence-electron chi connectivity index (χ3n) is 3.48. The number of ether oxygens (including phenoxy) is 1. The Kier molecular flexibility index (Phi) is 4.50. The molecule has 0 atom stereocenters. The summed E-state index contributed by atoms with van der Waals surface area (Å²) in [4.78, 5) is 14.2. The Hall–Kier alpha value is -2.11. The van der Waals surface area contributed by atoms with Crippen molar-refractivity contribution < 1.29 is 9.53 Å². The lowest BCUT2D eigenvalue weighted by Gasteiger charge is -2.30. The van der Waals surface area contributed by atoms with Crippen LogP contribution in [0.25, 0.3) is 0 Å². The summed E-state index contributed by atoms with van der Waals surface area (Å²) in [7, 11) is 0. The van der Waals surface area contributed by atoms with Crippen molar-refractivity contribution >= 4 is 46.2 Å². The monoisotopic (exact) mass is 351 g/mol. The second-order valence-corrected chi connectivity index (χ2v) is 6.01. The zero-order valence-corrected chi connectivity index (χ0v) is 13.7. The average Bonchev–Trinajstić information content (AvgIpc) is 2.50. The van der Waals surface area contributed by atoms with Gasteiger partial charge in [-0.2, -0.15) is 0 Å². The van der Waals surface area contributed by atoms with Crippen LogP contribution in [0.1, 0.15) is 0 Å². The maximum absolute atomic E-state index is 12.3. The van der Waals surface area contributed by atoms with E-state index in [-0.39, 0.29) is 12.5 Å². The second-order valence-electron chi connectivity index (χ2n) is 5.17. The Bertz CT molecular complexity index is 752. The van der Waals surface area contributed by atoms with Crippen LogP contribution in [-0.2, 0) is 4.79 Å². The minimum Gasteiger partial charge on any atom is -0.489 e. The molecule has 0 fully saturated rings. The number of halogens is 2. The first-order valence-electron chi connectivity index (χ1n) is 7.05. The maximum Gasteiger partial charge on any atom is 0.243 e. The lowest BCUT2D eigenvalue weighted by atomic mass is 10.2. The standard InChI is InChI=1S/C16H15Cl2N3O2/c17-10-1-3-13(12(18)7-10)20-16(22)9-21-5-6-23-15-8-11(19)2-4-14(15)21/h1-4,7-8H,5-6,9,19H2,(H,20,22). The van der Waals surface area contributed by atoms with Crippen molar-refractivity contribution in [1.82, 2.24) is 0 Å². The molecule has 0 bridgehead atoms. The van der Waals surface area contributed by atoms with E-state index >= 15 is 0 Å². The van der Waals surface area contributed by atoms with Gasteiger partial charge < -0.3 is 20.7 Å². The molecule has 1 aliphatic heterocycles. The van der Waals surface area contributed by atoms with E-state index in [4.69, 9.17) is 33.7 Å². The van der Waals surface area contributed by atoms with Gasteiger partial charge in [0.25, 0.3) is 0 Å². The highest BCUT2D eigenvalue weighted by Crippen LogP contribution is 2.33. The van der Waals surface area contributed by atoms with Gasteiger partial charge in [0.05, 0.1) is 29.5 Å². The van der Waals surface area contributed by atoms with Crippen molar-refractivity contribution in [1.29, 1.82) is 0 Å². The number of carbonyl (C=O) groups is 1. The van der Waals surface area contributed by atoms with E-state index in [1.165, 1.54) is 0 Å². The first kappa shape index (κ1) is 15.8. The zero-order chi connectivity index (χ0) is 16.4. The Balaban J connectivity index is 1.72. The van der Waals surface area contributed by atoms with Gasteiger partial charge in [-0.3, -0.25) is 4.79 Å². The van der Waals surface area contributed by atoms with Gasteiger partial charge in [0.1, 0.15) is 12.4 Å². The number of carbonyl (C=O) groups excluding carboxylic acids is 1. The van der Waals surface area contributed by atoms with E-state index in [2.05, 4.69) is 5.32 Å². The molecule has 2 aromatic carbocycles. The summed E-state index contributed by atoms with van der Waals surface area (Å²) in [5, 5.41) is 3.71. The number of anilines is 3. The summed E-state index contributed by atoms with van der Waals surface area (Å²) >= 11 is 11.9. The fourth-order valence-corrected chi connectivity index (χ4v) is 2.87. The molecule has 1 amide bonds. The van der Waals surface area contributed by atoms with Gasteiger partial charge in [0, 0.05) is 16.8 Å². The predicted molar refractivity (Wildman–Crippen MR) is 93.7 cm³/mol. The molecule has 0 aliphatic carbocycles. The SMILES string of the molecule is Nc1ccc2c(c1)OCCN2CC(=O)Nc1ccc(Cl)cc1Cl. The molecule has 0 saturated carbocycles. The maximum atomic E-state index is 12.3. The lowest BCUT2D eigenvalue weighted by Crippen LogP contribution is -2.38. The van der Waals surface area contributed by atoms with Crippen LogP contribution in [0.3, 0.4) is 0 Å². The van der Waals surface area contributed by atoms with Crippen LogP contribution in [0.2, 0.25) is 10.0 Å². The molecular formula is C16H15Cl2N3O2. The van der Waals surface area contributed by atoms with E-state index in [9.17, 15) is 4.79 Å². The van der Waals surface area contributed by atoms with Crippen LogP contribution >= 0.6 is 23.2 Å². The number of rotatable bonds is 3. The molecule has 3 N–H and O–H groups in total. The first-order chi connectivity index (χ1) is 11.0. The van der Waals surface area contributed by atoms with E-state index in [1.807, 2.05) is 11.0 Å². The molecule has 1 heterocycles. The van der Waals surface area contributed by atoms with Gasteiger partial charge in [0.15, 0.2) is 0 Å². The molecule has 7 heteroatoms. The fourth-order valence-electron chi connectivity index (χ4n) is 2.41. The van der Waals surface area contributed by atoms with Gasteiger partial charge in [-0.05, 0) is 30.3 Å². The first-order valence-corrected chi connectivity index (χ1v) is 7.81. The van der Waals surface area contributed by atoms with E-state index < -0.39 is 0 Å². The van der Waals surface area contributed by atoms with Gasteiger partial charge in [-0.1, -0.05) is 23.2 Å². The summed E-state index contributed by atoms with van der Waals surface area (Å²) in [6.07, 6.45) is 0. The van der Waals surface area contributed by atoms with Crippen LogP contribution in [0.4, 0.5) is 17.1 Å². The van der Waals surface area contributed by atoms with Crippen molar-refractivity contribution in [3.63, 3.8) is 0 Å². The summed E-state index contributed by atoms with van der Waals surface area (Å²) in [6.45, 7) is 1.32. The number of benzene rings is 2. The van der Waals surface area contributed by atoms with Crippen LogP contribution in [0.15, 0.2) is 36.4 Å². The molecule has 120 valence electrons. The Morgan fingerprint density at radius 3 is 2.87 bits per heavy atom. The number of nitrogens with two attached hydrogens (primary N) is 1. The normalized spacial score (nSPS) is 13.2. The summed E-state index contributed by atoms with van der Waals surface area (Å²) in [5.41, 5.74) is 7.77. The smallest absolute Gasteiger partial charge is 0.243 e. The summed E-state index contributed by atoms with van der Waals surface area (Å²) in [5.74, 6) is 0.521. The van der Waals surface area contributed by atoms with Crippen molar-refractivity contribution in [3.05, 3.63) is 46.4 Å². The molecule has 5 nitrogen and oxygen atoms in total. The molecule has 0 unspecified atom stereocenters. The van der Waals surface area contributed by atoms with Crippen LogP contribution < -0.4 is 20.7 Å². The van der Waals surface area contributed by atoms with E-state index in [0.29, 0.717) is 40.3 Å². The number of hydrogen-bond donors (Lipinski definition) is 2. The molecule has 1 aliphatic rings. The molecule has 0 radical (unpaired) electrons. The molecular weight excluding hydrogens is 337 g/mol. The average molecular weight is 352 g/mol. The summed E-state index contributed by atoms with van der Waals surface area (Å²) < 4.78 is 5.58. The van der Waals surface area contributed by atoms with Gasteiger partial charge in [-0.25, -0.2) is 0 Å². The number of amides is 1. The van der Waals surface area contributed by atoms with Crippen molar-refractivity contribution in [2.24, 2.45) is 0 Å². The molecule has 0 aromatic heterocycles. The van der Waals surface area contributed by atoms with Crippen molar-refractivity contribution in [2.45, 2.75) is 0 Å². The molecule has 23 heavy (non-hydrogen) atoms. The quantitative estimate of drug-likeness (QED) is 0.831. The number of fused-ring (bicyclic) bond motifs is 1. The van der Waals surface area contributed by atoms with Gasteiger partial charge >= 0.3 is 0 Å². The third kappa shape index (κ3) is 3.63.